The lowest BCUT2D eigenvalue weighted by molar-refractivity contribution is -0.150. The first-order valence-corrected chi connectivity index (χ1v) is 6.31. The van der Waals surface area contributed by atoms with Crippen LogP contribution in [0.3, 0.4) is 0 Å². The summed E-state index contributed by atoms with van der Waals surface area (Å²) >= 11 is 0. The highest BCUT2D eigenvalue weighted by Gasteiger charge is 2.39. The molecule has 1 atom stereocenters. The van der Waals surface area contributed by atoms with Gasteiger partial charge >= 0.3 is 5.97 Å². The normalized spacial score (nSPS) is 23.1. The maximum absolute atomic E-state index is 12.3. The van der Waals surface area contributed by atoms with Gasteiger partial charge in [-0.25, -0.2) is 0 Å². The van der Waals surface area contributed by atoms with Gasteiger partial charge in [0.05, 0.1) is 5.41 Å². The van der Waals surface area contributed by atoms with Crippen LogP contribution in [0.4, 0.5) is 5.69 Å². The highest BCUT2D eigenvalue weighted by molar-refractivity contribution is 5.95. The molecule has 0 aliphatic carbocycles. The van der Waals surface area contributed by atoms with Gasteiger partial charge in [-0.3, -0.25) is 9.59 Å². The number of amides is 1. The minimum Gasteiger partial charge on any atom is -0.481 e. The molecular formula is C14H18N2O3. The van der Waals surface area contributed by atoms with Gasteiger partial charge in [0, 0.05) is 24.3 Å². The Bertz CT molecular complexity index is 515. The summed E-state index contributed by atoms with van der Waals surface area (Å²) in [7, 11) is 0. The van der Waals surface area contributed by atoms with E-state index >= 15 is 0 Å². The van der Waals surface area contributed by atoms with Gasteiger partial charge in [-0.15, -0.1) is 0 Å². The van der Waals surface area contributed by atoms with E-state index in [1.807, 2.05) is 0 Å². The van der Waals surface area contributed by atoms with Crippen LogP contribution in [0.25, 0.3) is 0 Å². The fourth-order valence-corrected chi connectivity index (χ4v) is 2.44. The monoisotopic (exact) mass is 262 g/mol. The molecule has 1 aromatic carbocycles. The molecule has 1 fully saturated rings. The molecule has 0 bridgehead atoms. The van der Waals surface area contributed by atoms with Crippen molar-refractivity contribution in [3.8, 4) is 0 Å². The predicted molar refractivity (Wildman–Crippen MR) is 71.7 cm³/mol. The van der Waals surface area contributed by atoms with Crippen LogP contribution in [0.15, 0.2) is 24.3 Å². The zero-order chi connectivity index (χ0) is 14.0. The lowest BCUT2D eigenvalue weighted by atomic mass is 9.82. The molecule has 5 nitrogen and oxygen atoms in total. The van der Waals surface area contributed by atoms with Gasteiger partial charge < -0.3 is 15.7 Å². The maximum Gasteiger partial charge on any atom is 0.311 e. The molecule has 1 aliphatic rings. The van der Waals surface area contributed by atoms with E-state index in [2.05, 4.69) is 0 Å². The maximum atomic E-state index is 12.3. The number of anilines is 1. The number of hydrogen-bond donors (Lipinski definition) is 2. The molecule has 1 heterocycles. The van der Waals surface area contributed by atoms with E-state index in [9.17, 15) is 14.7 Å². The second kappa shape index (κ2) is 4.91. The Balaban J connectivity index is 2.18. The third kappa shape index (κ3) is 2.70. The lowest BCUT2D eigenvalue weighted by Gasteiger charge is -2.37. The van der Waals surface area contributed by atoms with Crippen molar-refractivity contribution >= 4 is 17.6 Å². The van der Waals surface area contributed by atoms with Crippen molar-refractivity contribution in [1.82, 2.24) is 4.90 Å². The van der Waals surface area contributed by atoms with Crippen LogP contribution in [0.1, 0.15) is 30.1 Å². The lowest BCUT2D eigenvalue weighted by Crippen LogP contribution is -2.48. The number of piperidine rings is 1. The molecule has 3 N–H and O–H groups in total. The molecule has 2 rings (SSSR count). The minimum absolute atomic E-state index is 0.153. The number of carbonyl (C=O) groups is 2. The van der Waals surface area contributed by atoms with Crippen LogP contribution < -0.4 is 5.73 Å². The molecule has 1 unspecified atom stereocenters. The van der Waals surface area contributed by atoms with Crippen LogP contribution in [0.2, 0.25) is 0 Å². The number of rotatable bonds is 2. The second-order valence-electron chi connectivity index (χ2n) is 5.32. The highest BCUT2D eigenvalue weighted by atomic mass is 16.4. The summed E-state index contributed by atoms with van der Waals surface area (Å²) in [5, 5.41) is 9.25. The van der Waals surface area contributed by atoms with Gasteiger partial charge in [0.1, 0.15) is 0 Å². The number of benzene rings is 1. The van der Waals surface area contributed by atoms with E-state index in [4.69, 9.17) is 5.73 Å². The van der Waals surface area contributed by atoms with Gasteiger partial charge in [0.15, 0.2) is 0 Å². The van der Waals surface area contributed by atoms with Crippen LogP contribution in [0.5, 0.6) is 0 Å². The van der Waals surface area contributed by atoms with Crippen molar-refractivity contribution in [3.05, 3.63) is 29.8 Å². The van der Waals surface area contributed by atoms with Gasteiger partial charge in [0.2, 0.25) is 0 Å². The van der Waals surface area contributed by atoms with Crippen molar-refractivity contribution in [3.63, 3.8) is 0 Å². The summed E-state index contributed by atoms with van der Waals surface area (Å²) in [5.74, 6) is -1.00. The smallest absolute Gasteiger partial charge is 0.311 e. The number of carbonyl (C=O) groups excluding carboxylic acids is 1. The van der Waals surface area contributed by atoms with Crippen molar-refractivity contribution in [2.45, 2.75) is 19.8 Å². The molecule has 102 valence electrons. The summed E-state index contributed by atoms with van der Waals surface area (Å²) in [6.07, 6.45) is 1.31. The van der Waals surface area contributed by atoms with Crippen molar-refractivity contribution < 1.29 is 14.7 Å². The number of nitrogens with zero attached hydrogens (tertiary/aromatic N) is 1. The Morgan fingerprint density at radius 3 is 2.79 bits per heavy atom. The van der Waals surface area contributed by atoms with E-state index < -0.39 is 11.4 Å². The van der Waals surface area contributed by atoms with Crippen molar-refractivity contribution in [1.29, 1.82) is 0 Å². The third-order valence-corrected chi connectivity index (χ3v) is 3.63. The van der Waals surface area contributed by atoms with Gasteiger partial charge in [0.25, 0.3) is 5.91 Å². The second-order valence-corrected chi connectivity index (χ2v) is 5.32. The predicted octanol–water partition coefficient (Wildman–Crippen LogP) is 1.60. The summed E-state index contributed by atoms with van der Waals surface area (Å²) in [6.45, 7) is 2.53. The molecule has 0 aromatic heterocycles. The zero-order valence-electron chi connectivity index (χ0n) is 10.9. The van der Waals surface area contributed by atoms with E-state index in [-0.39, 0.29) is 12.5 Å². The molecule has 0 spiro atoms. The van der Waals surface area contributed by atoms with Crippen molar-refractivity contribution in [2.75, 3.05) is 18.8 Å². The minimum atomic E-state index is -0.853. The Labute approximate surface area is 112 Å². The van der Waals surface area contributed by atoms with Gasteiger partial charge in [-0.2, -0.15) is 0 Å². The number of likely N-dealkylation sites (tertiary alicyclic amines) is 1. The van der Waals surface area contributed by atoms with Crippen LogP contribution in [-0.2, 0) is 4.79 Å². The standard InChI is InChI=1S/C14H18N2O3/c1-14(13(18)19)6-3-7-16(9-14)12(17)10-4-2-5-11(15)8-10/h2,4-5,8H,3,6-7,9,15H2,1H3,(H,18,19). The first-order chi connectivity index (χ1) is 8.92. The molecule has 1 saturated heterocycles. The molecule has 19 heavy (non-hydrogen) atoms. The Hall–Kier alpha value is -2.04. The largest absolute Gasteiger partial charge is 0.481 e. The molecule has 0 saturated carbocycles. The molecule has 1 aliphatic heterocycles. The fourth-order valence-electron chi connectivity index (χ4n) is 2.44. The van der Waals surface area contributed by atoms with Crippen LogP contribution >= 0.6 is 0 Å². The summed E-state index contributed by atoms with van der Waals surface area (Å²) < 4.78 is 0. The van der Waals surface area contributed by atoms with Gasteiger partial charge in [-0.1, -0.05) is 6.07 Å². The van der Waals surface area contributed by atoms with Crippen molar-refractivity contribution in [2.24, 2.45) is 5.41 Å². The topological polar surface area (TPSA) is 83.6 Å². The Kier molecular flexibility index (Phi) is 3.46. The number of nitrogen functional groups attached to an aromatic ring is 1. The summed E-state index contributed by atoms with van der Waals surface area (Å²) in [6, 6.07) is 6.76. The number of carboxylic acid groups (broad SMARTS) is 1. The first-order valence-electron chi connectivity index (χ1n) is 6.31. The molecular weight excluding hydrogens is 244 g/mol. The Morgan fingerprint density at radius 2 is 2.16 bits per heavy atom. The van der Waals surface area contributed by atoms with Crippen LogP contribution in [-0.4, -0.2) is 35.0 Å². The fraction of sp³-hybridized carbons (Fsp3) is 0.429. The number of aliphatic carboxylic acids is 1. The number of hydrogen-bond acceptors (Lipinski definition) is 3. The zero-order valence-corrected chi connectivity index (χ0v) is 10.9. The highest BCUT2D eigenvalue weighted by Crippen LogP contribution is 2.30. The van der Waals surface area contributed by atoms with E-state index in [1.54, 1.807) is 36.1 Å². The number of nitrogens with two attached hydrogens (primary N) is 1. The van der Waals surface area contributed by atoms with E-state index in [0.29, 0.717) is 30.6 Å². The molecule has 0 radical (unpaired) electrons. The number of carboxylic acids is 1. The summed E-state index contributed by atoms with van der Waals surface area (Å²) in [4.78, 5) is 25.2. The SMILES string of the molecule is CC1(C(=O)O)CCCN(C(=O)c2cccc(N)c2)C1. The van der Waals surface area contributed by atoms with Crippen LogP contribution in [0, 0.1) is 5.41 Å². The molecule has 1 aromatic rings. The third-order valence-electron chi connectivity index (χ3n) is 3.63. The molecule has 5 heteroatoms. The first kappa shape index (κ1) is 13.4. The van der Waals surface area contributed by atoms with Gasteiger partial charge in [-0.05, 0) is 38.0 Å². The quantitative estimate of drug-likeness (QED) is 0.793. The Morgan fingerprint density at radius 1 is 1.42 bits per heavy atom. The summed E-state index contributed by atoms with van der Waals surface area (Å²) in [5.41, 5.74) is 5.85. The molecule has 1 amide bonds. The van der Waals surface area contributed by atoms with E-state index in [0.717, 1.165) is 0 Å². The average molecular weight is 262 g/mol. The van der Waals surface area contributed by atoms with E-state index in [1.165, 1.54) is 0 Å². The average Bonchev–Trinajstić information content (AvgIpc) is 2.38.